The molecule has 26 heavy (non-hydrogen) atoms. The molecule has 2 nitrogen and oxygen atoms in total. The molecule has 0 saturated carbocycles. The largest absolute Gasteiger partial charge is 0.390 e. The molecule has 2 saturated heterocycles. The molecule has 2 unspecified atom stereocenters. The SMILES string of the molecule is OC1(CCc2ccc(F)cc2)CC2CCCC(C1)N2Cc1ccccc1. The second-order valence-electron chi connectivity index (χ2n) is 8.16. The Hall–Kier alpha value is -1.71. The molecule has 1 N–H and O–H groups in total. The lowest BCUT2D eigenvalue weighted by Crippen LogP contribution is -2.57. The summed E-state index contributed by atoms with van der Waals surface area (Å²) in [6.07, 6.45) is 6.94. The van der Waals surface area contributed by atoms with E-state index in [4.69, 9.17) is 0 Å². The van der Waals surface area contributed by atoms with Gasteiger partial charge in [-0.25, -0.2) is 4.39 Å². The fourth-order valence-corrected chi connectivity index (χ4v) is 4.90. The lowest BCUT2D eigenvalue weighted by Gasteiger charge is -2.52. The Morgan fingerprint density at radius 1 is 0.923 bits per heavy atom. The molecule has 2 fully saturated rings. The summed E-state index contributed by atoms with van der Waals surface area (Å²) in [5.74, 6) is -0.198. The third-order valence-electron chi connectivity index (χ3n) is 6.24. The first kappa shape index (κ1) is 17.7. The quantitative estimate of drug-likeness (QED) is 0.842. The summed E-state index contributed by atoms with van der Waals surface area (Å²) in [6.45, 7) is 0.990. The molecule has 2 aromatic carbocycles. The number of halogens is 1. The Balaban J connectivity index is 1.42. The van der Waals surface area contributed by atoms with Gasteiger partial charge in [0.1, 0.15) is 5.82 Å². The molecule has 2 heterocycles. The number of benzene rings is 2. The highest BCUT2D eigenvalue weighted by Crippen LogP contribution is 2.41. The zero-order valence-electron chi connectivity index (χ0n) is 15.3. The van der Waals surface area contributed by atoms with Crippen molar-refractivity contribution in [3.05, 3.63) is 71.5 Å². The zero-order valence-corrected chi connectivity index (χ0v) is 15.3. The molecule has 0 amide bonds. The Bertz CT molecular complexity index is 701. The molecular formula is C23H28FNO. The van der Waals surface area contributed by atoms with Crippen LogP contribution in [0.2, 0.25) is 0 Å². The Morgan fingerprint density at radius 2 is 1.58 bits per heavy atom. The maximum atomic E-state index is 13.1. The van der Waals surface area contributed by atoms with Gasteiger partial charge in [0.05, 0.1) is 5.60 Å². The van der Waals surface area contributed by atoms with Gasteiger partial charge in [0.25, 0.3) is 0 Å². The molecule has 4 rings (SSSR count). The maximum Gasteiger partial charge on any atom is 0.123 e. The van der Waals surface area contributed by atoms with E-state index in [1.807, 2.05) is 12.1 Å². The van der Waals surface area contributed by atoms with Crippen LogP contribution in [0, 0.1) is 5.82 Å². The first-order valence-corrected chi connectivity index (χ1v) is 9.88. The molecule has 0 aliphatic carbocycles. The lowest BCUT2D eigenvalue weighted by atomic mass is 9.73. The van der Waals surface area contributed by atoms with Crippen LogP contribution in [0.15, 0.2) is 54.6 Å². The monoisotopic (exact) mass is 353 g/mol. The fourth-order valence-electron chi connectivity index (χ4n) is 4.90. The number of piperidine rings is 2. The van der Waals surface area contributed by atoms with E-state index >= 15 is 0 Å². The average molecular weight is 353 g/mol. The molecule has 0 radical (unpaired) electrons. The first-order chi connectivity index (χ1) is 12.6. The molecule has 2 aliphatic rings. The van der Waals surface area contributed by atoms with Gasteiger partial charge in [-0.2, -0.15) is 0 Å². The number of aryl methyl sites for hydroxylation is 1. The number of rotatable bonds is 5. The van der Waals surface area contributed by atoms with E-state index in [1.54, 1.807) is 0 Å². The van der Waals surface area contributed by atoms with Crippen molar-refractivity contribution in [2.45, 2.75) is 69.2 Å². The van der Waals surface area contributed by atoms with Gasteiger partial charge in [-0.1, -0.05) is 48.9 Å². The summed E-state index contributed by atoms with van der Waals surface area (Å²) in [5, 5.41) is 11.3. The van der Waals surface area contributed by atoms with E-state index in [-0.39, 0.29) is 5.82 Å². The van der Waals surface area contributed by atoms with Crippen molar-refractivity contribution in [1.29, 1.82) is 0 Å². The molecule has 0 aromatic heterocycles. The van der Waals surface area contributed by atoms with E-state index in [0.717, 1.165) is 37.8 Å². The fraction of sp³-hybridized carbons (Fsp3) is 0.478. The van der Waals surface area contributed by atoms with Crippen LogP contribution in [0.5, 0.6) is 0 Å². The second kappa shape index (κ2) is 7.50. The number of aliphatic hydroxyl groups is 1. The Kier molecular flexibility index (Phi) is 5.10. The summed E-state index contributed by atoms with van der Waals surface area (Å²) >= 11 is 0. The van der Waals surface area contributed by atoms with Gasteiger partial charge in [0, 0.05) is 18.6 Å². The molecule has 138 valence electrons. The minimum Gasteiger partial charge on any atom is -0.390 e. The standard InChI is InChI=1S/C23H28FNO/c24-20-11-9-18(10-12-20)13-14-23(26)15-21-7-4-8-22(16-23)25(21)17-19-5-2-1-3-6-19/h1-3,5-6,9-12,21-22,26H,4,7-8,13-17H2. The summed E-state index contributed by atoms with van der Waals surface area (Å²) in [4.78, 5) is 2.63. The van der Waals surface area contributed by atoms with Crippen molar-refractivity contribution in [3.8, 4) is 0 Å². The number of nitrogens with zero attached hydrogens (tertiary/aromatic N) is 1. The van der Waals surface area contributed by atoms with Crippen molar-refractivity contribution < 1.29 is 9.50 Å². The van der Waals surface area contributed by atoms with Gasteiger partial charge in [0.15, 0.2) is 0 Å². The molecule has 2 atom stereocenters. The van der Waals surface area contributed by atoms with Gasteiger partial charge < -0.3 is 5.11 Å². The van der Waals surface area contributed by atoms with E-state index in [1.165, 1.54) is 37.0 Å². The highest BCUT2D eigenvalue weighted by molar-refractivity contribution is 5.18. The molecule has 2 bridgehead atoms. The number of hydrogen-bond acceptors (Lipinski definition) is 2. The molecule has 0 spiro atoms. The summed E-state index contributed by atoms with van der Waals surface area (Å²) in [6, 6.07) is 18.3. The number of hydrogen-bond donors (Lipinski definition) is 1. The van der Waals surface area contributed by atoms with E-state index in [9.17, 15) is 9.50 Å². The van der Waals surface area contributed by atoms with Crippen molar-refractivity contribution in [2.75, 3.05) is 0 Å². The third-order valence-corrected chi connectivity index (χ3v) is 6.24. The highest BCUT2D eigenvalue weighted by atomic mass is 19.1. The van der Waals surface area contributed by atoms with Crippen LogP contribution in [0.1, 0.15) is 49.7 Å². The second-order valence-corrected chi connectivity index (χ2v) is 8.16. The average Bonchev–Trinajstić information content (AvgIpc) is 2.63. The topological polar surface area (TPSA) is 23.5 Å². The van der Waals surface area contributed by atoms with Gasteiger partial charge in [-0.15, -0.1) is 0 Å². The minimum absolute atomic E-state index is 0.198. The summed E-state index contributed by atoms with van der Waals surface area (Å²) < 4.78 is 13.1. The van der Waals surface area contributed by atoms with Gasteiger partial charge in [0.2, 0.25) is 0 Å². The van der Waals surface area contributed by atoms with E-state index < -0.39 is 5.60 Å². The predicted octanol–water partition coefficient (Wildman–Crippen LogP) is 4.71. The minimum atomic E-state index is -0.586. The van der Waals surface area contributed by atoms with Crippen molar-refractivity contribution in [3.63, 3.8) is 0 Å². The van der Waals surface area contributed by atoms with Crippen LogP contribution in [0.4, 0.5) is 4.39 Å². The smallest absolute Gasteiger partial charge is 0.123 e. The summed E-state index contributed by atoms with van der Waals surface area (Å²) in [7, 11) is 0. The van der Waals surface area contributed by atoms with Crippen molar-refractivity contribution in [1.82, 2.24) is 4.90 Å². The molecule has 2 aliphatic heterocycles. The van der Waals surface area contributed by atoms with Crippen LogP contribution >= 0.6 is 0 Å². The normalized spacial score (nSPS) is 28.8. The van der Waals surface area contributed by atoms with Crippen LogP contribution < -0.4 is 0 Å². The van der Waals surface area contributed by atoms with E-state index in [0.29, 0.717) is 12.1 Å². The molecule has 2 aromatic rings. The van der Waals surface area contributed by atoms with E-state index in [2.05, 4.69) is 35.2 Å². The molecule has 3 heteroatoms. The zero-order chi connectivity index (χ0) is 18.0. The number of fused-ring (bicyclic) bond motifs is 2. The Labute approximate surface area is 155 Å². The predicted molar refractivity (Wildman–Crippen MR) is 102 cm³/mol. The van der Waals surface area contributed by atoms with Crippen LogP contribution in [-0.4, -0.2) is 27.7 Å². The van der Waals surface area contributed by atoms with Crippen LogP contribution in [-0.2, 0) is 13.0 Å². The first-order valence-electron chi connectivity index (χ1n) is 9.88. The van der Waals surface area contributed by atoms with Crippen LogP contribution in [0.25, 0.3) is 0 Å². The lowest BCUT2D eigenvalue weighted by molar-refractivity contribution is -0.0988. The summed E-state index contributed by atoms with van der Waals surface area (Å²) in [5.41, 5.74) is 1.88. The van der Waals surface area contributed by atoms with Gasteiger partial charge >= 0.3 is 0 Å². The van der Waals surface area contributed by atoms with Crippen LogP contribution in [0.3, 0.4) is 0 Å². The maximum absolute atomic E-state index is 13.1. The van der Waals surface area contributed by atoms with Crippen molar-refractivity contribution >= 4 is 0 Å². The Morgan fingerprint density at radius 3 is 2.23 bits per heavy atom. The van der Waals surface area contributed by atoms with Crippen molar-refractivity contribution in [2.24, 2.45) is 0 Å². The highest BCUT2D eigenvalue weighted by Gasteiger charge is 2.44. The van der Waals surface area contributed by atoms with Gasteiger partial charge in [-0.05, 0) is 61.8 Å². The molecular weight excluding hydrogens is 325 g/mol. The van der Waals surface area contributed by atoms with Gasteiger partial charge in [-0.3, -0.25) is 4.90 Å². The third kappa shape index (κ3) is 3.99.